The molecule has 0 bridgehead atoms. The quantitative estimate of drug-likeness (QED) is 0.681. The summed E-state index contributed by atoms with van der Waals surface area (Å²) in [7, 11) is 1.59. The van der Waals surface area contributed by atoms with E-state index in [1.165, 1.54) is 4.90 Å². The molecule has 17 heavy (non-hydrogen) atoms. The average Bonchev–Trinajstić information content (AvgIpc) is 2.10. The average molecular weight is 253 g/mol. The highest BCUT2D eigenvalue weighted by Gasteiger charge is 2.45. The van der Waals surface area contributed by atoms with Crippen molar-refractivity contribution in [1.82, 2.24) is 4.90 Å². The predicted octanol–water partition coefficient (Wildman–Crippen LogP) is 4.33. The lowest BCUT2D eigenvalue weighted by Gasteiger charge is -2.37. The molecule has 0 radical (unpaired) electrons. The summed E-state index contributed by atoms with van der Waals surface area (Å²) in [5.41, 5.74) is 0. The summed E-state index contributed by atoms with van der Waals surface area (Å²) in [6, 6.07) is -1.38. The summed E-state index contributed by atoms with van der Waals surface area (Å²) < 4.78 is 38.8. The van der Waals surface area contributed by atoms with Crippen LogP contribution in [-0.4, -0.2) is 30.2 Å². The number of rotatable bonds is 6. The van der Waals surface area contributed by atoms with E-state index in [1.807, 2.05) is 6.92 Å². The summed E-state index contributed by atoms with van der Waals surface area (Å²) in [5.74, 6) is 0.121. The van der Waals surface area contributed by atoms with Crippen LogP contribution in [0.2, 0.25) is 0 Å². The second kappa shape index (κ2) is 6.62. The van der Waals surface area contributed by atoms with Gasteiger partial charge in [0.05, 0.1) is 0 Å². The van der Waals surface area contributed by atoms with Crippen molar-refractivity contribution in [2.24, 2.45) is 11.8 Å². The van der Waals surface area contributed by atoms with E-state index in [-0.39, 0.29) is 6.04 Å². The number of hydrogen-bond acceptors (Lipinski definition) is 1. The van der Waals surface area contributed by atoms with Gasteiger partial charge >= 0.3 is 6.18 Å². The zero-order chi connectivity index (χ0) is 13.8. The molecule has 104 valence electrons. The summed E-state index contributed by atoms with van der Waals surface area (Å²) in [5, 5.41) is 0. The van der Waals surface area contributed by atoms with Crippen LogP contribution in [0.25, 0.3) is 0 Å². The molecular weight excluding hydrogens is 227 g/mol. The normalized spacial score (nSPS) is 16.9. The monoisotopic (exact) mass is 253 g/mol. The van der Waals surface area contributed by atoms with Crippen LogP contribution in [0, 0.1) is 11.8 Å². The third kappa shape index (κ3) is 5.75. The molecule has 0 unspecified atom stereocenters. The minimum absolute atomic E-state index is 0.0357. The van der Waals surface area contributed by atoms with Gasteiger partial charge < -0.3 is 0 Å². The van der Waals surface area contributed by atoms with Crippen molar-refractivity contribution in [1.29, 1.82) is 0 Å². The van der Waals surface area contributed by atoms with Crippen LogP contribution in [0.15, 0.2) is 0 Å². The van der Waals surface area contributed by atoms with E-state index in [2.05, 4.69) is 13.8 Å². The van der Waals surface area contributed by atoms with Crippen LogP contribution in [-0.2, 0) is 0 Å². The molecule has 0 aliphatic rings. The molecule has 0 aromatic rings. The van der Waals surface area contributed by atoms with Crippen LogP contribution in [0.3, 0.4) is 0 Å². The minimum Gasteiger partial charge on any atom is -0.292 e. The maximum Gasteiger partial charge on any atom is 0.404 e. The molecule has 0 aliphatic carbocycles. The van der Waals surface area contributed by atoms with Crippen LogP contribution in [0.1, 0.15) is 47.5 Å². The number of halogens is 3. The lowest BCUT2D eigenvalue weighted by molar-refractivity contribution is -0.196. The van der Waals surface area contributed by atoms with Crippen molar-refractivity contribution in [3.8, 4) is 0 Å². The van der Waals surface area contributed by atoms with Crippen LogP contribution < -0.4 is 0 Å². The first-order chi connectivity index (χ1) is 7.57. The Labute approximate surface area is 103 Å². The van der Waals surface area contributed by atoms with E-state index < -0.39 is 18.1 Å². The smallest absolute Gasteiger partial charge is 0.292 e. The molecule has 4 heteroatoms. The second-order valence-electron chi connectivity index (χ2n) is 5.72. The third-order valence-corrected chi connectivity index (χ3v) is 3.26. The van der Waals surface area contributed by atoms with Crippen LogP contribution >= 0.6 is 0 Å². The largest absolute Gasteiger partial charge is 0.404 e. The van der Waals surface area contributed by atoms with E-state index in [0.717, 1.165) is 12.8 Å². The Balaban J connectivity index is 4.56. The van der Waals surface area contributed by atoms with Gasteiger partial charge in [0.2, 0.25) is 0 Å². The molecule has 0 saturated carbocycles. The lowest BCUT2D eigenvalue weighted by atomic mass is 9.98. The van der Waals surface area contributed by atoms with Gasteiger partial charge in [-0.25, -0.2) is 0 Å². The highest BCUT2D eigenvalue weighted by atomic mass is 19.4. The molecule has 0 fully saturated rings. The molecule has 0 N–H and O–H groups in total. The molecule has 0 amide bonds. The first kappa shape index (κ1) is 16.8. The van der Waals surface area contributed by atoms with Crippen molar-refractivity contribution in [2.75, 3.05) is 7.05 Å². The Morgan fingerprint density at radius 3 is 1.71 bits per heavy atom. The van der Waals surface area contributed by atoms with Crippen molar-refractivity contribution in [3.63, 3.8) is 0 Å². The van der Waals surface area contributed by atoms with Crippen LogP contribution in [0.4, 0.5) is 13.2 Å². The molecule has 0 spiro atoms. The topological polar surface area (TPSA) is 3.24 Å². The van der Waals surface area contributed by atoms with E-state index in [1.54, 1.807) is 20.9 Å². The Kier molecular flexibility index (Phi) is 6.52. The van der Waals surface area contributed by atoms with Gasteiger partial charge in [-0.05, 0) is 38.6 Å². The summed E-state index contributed by atoms with van der Waals surface area (Å²) in [6.07, 6.45) is -2.36. The SMILES string of the molecule is CC(C)CC[C@H](C)N(C)[C@@H](C(C)C)C(F)(F)F. The summed E-state index contributed by atoms with van der Waals surface area (Å²) in [6.45, 7) is 9.32. The summed E-state index contributed by atoms with van der Waals surface area (Å²) in [4.78, 5) is 1.48. The third-order valence-electron chi connectivity index (χ3n) is 3.26. The van der Waals surface area contributed by atoms with Gasteiger partial charge in [-0.15, -0.1) is 0 Å². The zero-order valence-electron chi connectivity index (χ0n) is 11.8. The highest BCUT2D eigenvalue weighted by Crippen LogP contribution is 2.31. The molecule has 2 atom stereocenters. The van der Waals surface area contributed by atoms with Crippen molar-refractivity contribution >= 4 is 0 Å². The van der Waals surface area contributed by atoms with Gasteiger partial charge in [-0.1, -0.05) is 27.7 Å². The Morgan fingerprint density at radius 2 is 1.41 bits per heavy atom. The van der Waals surface area contributed by atoms with Crippen molar-refractivity contribution < 1.29 is 13.2 Å². The molecule has 1 nitrogen and oxygen atoms in total. The molecule has 0 saturated heterocycles. The molecular formula is C13H26F3N. The molecule has 0 aromatic heterocycles. The second-order valence-corrected chi connectivity index (χ2v) is 5.72. The Bertz CT molecular complexity index is 211. The van der Waals surface area contributed by atoms with E-state index >= 15 is 0 Å². The molecule has 0 heterocycles. The van der Waals surface area contributed by atoms with E-state index in [4.69, 9.17) is 0 Å². The number of alkyl halides is 3. The van der Waals surface area contributed by atoms with Gasteiger partial charge in [-0.3, -0.25) is 4.90 Å². The predicted molar refractivity (Wildman–Crippen MR) is 66.0 cm³/mol. The van der Waals surface area contributed by atoms with E-state index in [0.29, 0.717) is 5.92 Å². The maximum atomic E-state index is 12.9. The van der Waals surface area contributed by atoms with Gasteiger partial charge in [0.15, 0.2) is 0 Å². The van der Waals surface area contributed by atoms with Crippen molar-refractivity contribution in [3.05, 3.63) is 0 Å². The molecule has 0 aliphatic heterocycles. The highest BCUT2D eigenvalue weighted by molar-refractivity contribution is 4.82. The maximum absolute atomic E-state index is 12.9. The van der Waals surface area contributed by atoms with E-state index in [9.17, 15) is 13.2 Å². The van der Waals surface area contributed by atoms with Gasteiger partial charge in [0.25, 0.3) is 0 Å². The number of nitrogens with zero attached hydrogens (tertiary/aromatic N) is 1. The minimum atomic E-state index is -4.14. The zero-order valence-corrected chi connectivity index (χ0v) is 11.8. The Morgan fingerprint density at radius 1 is 0.941 bits per heavy atom. The number of hydrogen-bond donors (Lipinski definition) is 0. The fraction of sp³-hybridized carbons (Fsp3) is 1.00. The first-order valence-electron chi connectivity index (χ1n) is 6.36. The fourth-order valence-electron chi connectivity index (χ4n) is 2.13. The Hall–Kier alpha value is -0.250. The van der Waals surface area contributed by atoms with Gasteiger partial charge in [0, 0.05) is 6.04 Å². The van der Waals surface area contributed by atoms with Gasteiger partial charge in [0.1, 0.15) is 6.04 Å². The molecule has 0 rings (SSSR count). The first-order valence-corrected chi connectivity index (χ1v) is 6.36. The standard InChI is InChI=1S/C13H26F3N/c1-9(2)7-8-11(5)17(6)12(10(3)4)13(14,15)16/h9-12H,7-8H2,1-6H3/t11-,12-/m0/s1. The van der Waals surface area contributed by atoms with Gasteiger partial charge in [-0.2, -0.15) is 13.2 Å². The lowest BCUT2D eigenvalue weighted by Crippen LogP contribution is -2.50. The molecule has 0 aromatic carbocycles. The van der Waals surface area contributed by atoms with Crippen molar-refractivity contribution in [2.45, 2.75) is 65.7 Å². The summed E-state index contributed by atoms with van der Waals surface area (Å²) >= 11 is 0. The fourth-order valence-corrected chi connectivity index (χ4v) is 2.13. The van der Waals surface area contributed by atoms with Crippen LogP contribution in [0.5, 0.6) is 0 Å².